The number of unbranched alkanes of at least 4 members (excludes halogenated alkanes) is 2. The highest BCUT2D eigenvalue weighted by Gasteiger charge is 2.24. The van der Waals surface area contributed by atoms with E-state index in [1.54, 1.807) is 12.1 Å². The quantitative estimate of drug-likeness (QED) is 0.212. The Morgan fingerprint density at radius 1 is 1.22 bits per heavy atom. The van der Waals surface area contributed by atoms with Gasteiger partial charge in [-0.1, -0.05) is 51.5 Å². The molecule has 0 radical (unpaired) electrons. The first-order valence-electron chi connectivity index (χ1n) is 11.5. The number of benzene rings is 1. The topological polar surface area (TPSA) is 81.0 Å². The van der Waals surface area contributed by atoms with E-state index < -0.39 is 14.2 Å². The van der Waals surface area contributed by atoms with Gasteiger partial charge in [0, 0.05) is 33.6 Å². The fourth-order valence-electron chi connectivity index (χ4n) is 3.39. The van der Waals surface area contributed by atoms with Crippen molar-refractivity contribution >= 4 is 29.8 Å². The monoisotopic (exact) mass is 525 g/mol. The number of nitrogens with two attached hydrogens (primary N) is 1. The molecular formula is C24H37BrFN3O2Si. The van der Waals surface area contributed by atoms with E-state index in [1.807, 2.05) is 6.92 Å². The standard InChI is InChI=1S/C24H37BrFN3O2Si/c1-5-19(30)9-7-6-8-10-20(27)21-23(25)29-24(28-21)22(31-15-16-32(2,3)4)17-11-13-18(26)14-12-17/h11-14,20,22H,5-10,15-16,27H2,1-4H3,(H,28,29)/t20-,22?/m0/s1. The van der Waals surface area contributed by atoms with Crippen LogP contribution in [0.1, 0.15) is 74.7 Å². The van der Waals surface area contributed by atoms with Gasteiger partial charge in [0.15, 0.2) is 0 Å². The van der Waals surface area contributed by atoms with Crippen molar-refractivity contribution in [1.82, 2.24) is 9.97 Å². The minimum Gasteiger partial charge on any atom is -0.366 e. The summed E-state index contributed by atoms with van der Waals surface area (Å²) in [6.07, 6.45) is 4.49. The average Bonchev–Trinajstić information content (AvgIpc) is 3.12. The molecule has 5 nitrogen and oxygen atoms in total. The van der Waals surface area contributed by atoms with E-state index in [9.17, 15) is 9.18 Å². The lowest BCUT2D eigenvalue weighted by atomic mass is 10.0. The van der Waals surface area contributed by atoms with Gasteiger partial charge in [0.25, 0.3) is 0 Å². The molecule has 32 heavy (non-hydrogen) atoms. The van der Waals surface area contributed by atoms with Crippen LogP contribution in [0, 0.1) is 5.82 Å². The number of hydrogen-bond donors (Lipinski definition) is 2. The Morgan fingerprint density at radius 3 is 2.53 bits per heavy atom. The zero-order valence-corrected chi connectivity index (χ0v) is 22.3. The van der Waals surface area contributed by atoms with E-state index in [1.165, 1.54) is 12.1 Å². The van der Waals surface area contributed by atoms with Gasteiger partial charge in [-0.25, -0.2) is 9.37 Å². The van der Waals surface area contributed by atoms with Gasteiger partial charge in [-0.15, -0.1) is 0 Å². The molecule has 8 heteroatoms. The van der Waals surface area contributed by atoms with Crippen molar-refractivity contribution in [1.29, 1.82) is 0 Å². The zero-order valence-electron chi connectivity index (χ0n) is 19.7. The molecule has 2 atom stereocenters. The van der Waals surface area contributed by atoms with Crippen LogP contribution in [0.5, 0.6) is 0 Å². The summed E-state index contributed by atoms with van der Waals surface area (Å²) in [5.74, 6) is 0.702. The molecule has 0 bridgehead atoms. The van der Waals surface area contributed by atoms with Gasteiger partial charge in [-0.05, 0) is 52.5 Å². The van der Waals surface area contributed by atoms with Crippen LogP contribution in [-0.2, 0) is 9.53 Å². The number of imidazole rings is 1. The highest BCUT2D eigenvalue weighted by Crippen LogP contribution is 2.30. The lowest BCUT2D eigenvalue weighted by Crippen LogP contribution is -2.22. The second kappa shape index (κ2) is 12.8. The Labute approximate surface area is 200 Å². The number of H-pyrrole nitrogens is 1. The van der Waals surface area contributed by atoms with Crippen LogP contribution in [0.2, 0.25) is 25.7 Å². The number of halogens is 2. The molecule has 0 saturated heterocycles. The third-order valence-electron chi connectivity index (χ3n) is 5.50. The summed E-state index contributed by atoms with van der Waals surface area (Å²) < 4.78 is 20.4. The Hall–Kier alpha value is -1.35. The fourth-order valence-corrected chi connectivity index (χ4v) is 4.71. The number of carbonyl (C=O) groups is 1. The predicted molar refractivity (Wildman–Crippen MR) is 134 cm³/mol. The maximum Gasteiger partial charge on any atom is 0.141 e. The Balaban J connectivity index is 2.07. The number of carbonyl (C=O) groups excluding carboxylic acids is 1. The van der Waals surface area contributed by atoms with Crippen LogP contribution >= 0.6 is 15.9 Å². The largest absolute Gasteiger partial charge is 0.366 e. The van der Waals surface area contributed by atoms with Gasteiger partial charge in [0.1, 0.15) is 28.1 Å². The number of hydrogen-bond acceptors (Lipinski definition) is 4. The van der Waals surface area contributed by atoms with Gasteiger partial charge in [0.2, 0.25) is 0 Å². The van der Waals surface area contributed by atoms with Crippen molar-refractivity contribution in [2.24, 2.45) is 5.73 Å². The van der Waals surface area contributed by atoms with Crippen molar-refractivity contribution in [3.63, 3.8) is 0 Å². The number of rotatable bonds is 14. The number of Topliss-reactive ketones (excluding diaryl/α,β-unsaturated/α-hetero) is 1. The summed E-state index contributed by atoms with van der Waals surface area (Å²) in [6.45, 7) is 9.44. The summed E-state index contributed by atoms with van der Waals surface area (Å²) in [5.41, 5.74) is 8.13. The highest BCUT2D eigenvalue weighted by atomic mass is 79.9. The van der Waals surface area contributed by atoms with E-state index in [-0.39, 0.29) is 11.9 Å². The Bertz CT molecular complexity index is 852. The SMILES string of the molecule is CCC(=O)CCCCC[C@H](N)c1[nH]c(C(OCC[Si](C)(C)C)c2ccc(F)cc2)nc1Br. The van der Waals surface area contributed by atoms with E-state index in [4.69, 9.17) is 10.5 Å². The Morgan fingerprint density at radius 2 is 1.91 bits per heavy atom. The van der Waals surface area contributed by atoms with Gasteiger partial charge in [0.05, 0.1) is 5.69 Å². The molecular weight excluding hydrogens is 489 g/mol. The molecule has 0 amide bonds. The molecule has 3 N–H and O–H groups in total. The number of aromatic amines is 1. The van der Waals surface area contributed by atoms with Crippen LogP contribution in [0.15, 0.2) is 28.9 Å². The predicted octanol–water partition coefficient (Wildman–Crippen LogP) is 6.68. The number of nitrogens with one attached hydrogen (secondary N) is 1. The fraction of sp³-hybridized carbons (Fsp3) is 0.583. The average molecular weight is 527 g/mol. The van der Waals surface area contributed by atoms with Crippen LogP contribution in [0.25, 0.3) is 0 Å². The highest BCUT2D eigenvalue weighted by molar-refractivity contribution is 9.10. The first-order chi connectivity index (χ1) is 15.1. The molecule has 0 aliphatic rings. The second-order valence-electron chi connectivity index (χ2n) is 9.54. The molecule has 1 heterocycles. The molecule has 1 unspecified atom stereocenters. The number of aromatic nitrogens is 2. The minimum atomic E-state index is -1.26. The maximum absolute atomic E-state index is 13.5. The first-order valence-corrected chi connectivity index (χ1v) is 16.0. The summed E-state index contributed by atoms with van der Waals surface area (Å²) in [6, 6.07) is 7.20. The first kappa shape index (κ1) is 26.9. The third-order valence-corrected chi connectivity index (χ3v) is 7.81. The molecule has 0 saturated carbocycles. The molecule has 1 aromatic carbocycles. The van der Waals surface area contributed by atoms with Crippen LogP contribution in [0.4, 0.5) is 4.39 Å². The zero-order chi connectivity index (χ0) is 23.7. The molecule has 2 rings (SSSR count). The van der Waals surface area contributed by atoms with Crippen molar-refractivity contribution in [2.45, 2.75) is 83.3 Å². The molecule has 1 aromatic heterocycles. The molecule has 0 aliphatic heterocycles. The Kier molecular flexibility index (Phi) is 10.7. The lowest BCUT2D eigenvalue weighted by Gasteiger charge is -2.20. The van der Waals surface area contributed by atoms with Crippen molar-refractivity contribution in [3.8, 4) is 0 Å². The van der Waals surface area contributed by atoms with E-state index in [2.05, 4.69) is 45.5 Å². The van der Waals surface area contributed by atoms with Crippen LogP contribution in [0.3, 0.4) is 0 Å². The maximum atomic E-state index is 13.5. The number of nitrogens with zero attached hydrogens (tertiary/aromatic N) is 1. The molecule has 0 aliphatic carbocycles. The summed E-state index contributed by atoms with van der Waals surface area (Å²) in [5, 5.41) is 0. The van der Waals surface area contributed by atoms with Crippen molar-refractivity contribution in [2.75, 3.05) is 6.61 Å². The summed E-state index contributed by atoms with van der Waals surface area (Å²) >= 11 is 3.55. The normalized spacial score (nSPS) is 13.8. The van der Waals surface area contributed by atoms with Gasteiger partial charge >= 0.3 is 0 Å². The van der Waals surface area contributed by atoms with E-state index >= 15 is 0 Å². The molecule has 178 valence electrons. The molecule has 0 spiro atoms. The van der Waals surface area contributed by atoms with Crippen molar-refractivity contribution in [3.05, 3.63) is 51.8 Å². The molecule has 2 aromatic rings. The van der Waals surface area contributed by atoms with Crippen LogP contribution in [-0.4, -0.2) is 30.4 Å². The van der Waals surface area contributed by atoms with Gasteiger partial charge < -0.3 is 15.5 Å². The number of ether oxygens (including phenoxy) is 1. The van der Waals surface area contributed by atoms with Gasteiger partial charge in [-0.2, -0.15) is 0 Å². The smallest absolute Gasteiger partial charge is 0.141 e. The van der Waals surface area contributed by atoms with E-state index in [0.717, 1.165) is 43.0 Å². The second-order valence-corrected chi connectivity index (χ2v) is 15.9. The van der Waals surface area contributed by atoms with Crippen molar-refractivity contribution < 1.29 is 13.9 Å². The number of ketones is 1. The van der Waals surface area contributed by atoms with E-state index in [0.29, 0.717) is 35.7 Å². The van der Waals surface area contributed by atoms with Gasteiger partial charge in [-0.3, -0.25) is 4.79 Å². The third kappa shape index (κ3) is 8.88. The summed E-state index contributed by atoms with van der Waals surface area (Å²) in [7, 11) is -1.26. The minimum absolute atomic E-state index is 0.191. The molecule has 0 fully saturated rings. The lowest BCUT2D eigenvalue weighted by molar-refractivity contribution is -0.118. The summed E-state index contributed by atoms with van der Waals surface area (Å²) in [4.78, 5) is 19.5. The van der Waals surface area contributed by atoms with Crippen LogP contribution < -0.4 is 5.73 Å².